The second-order valence-corrected chi connectivity index (χ2v) is 6.53. The van der Waals surface area contributed by atoms with Crippen LogP contribution in [0.15, 0.2) is 48.8 Å². The fourth-order valence-electron chi connectivity index (χ4n) is 2.81. The molecule has 1 aliphatic rings. The number of nitrogens with zero attached hydrogens (tertiary/aromatic N) is 2. The van der Waals surface area contributed by atoms with Gasteiger partial charge in [-0.2, -0.15) is 0 Å². The van der Waals surface area contributed by atoms with E-state index in [9.17, 15) is 0 Å². The number of unbranched alkanes of at least 4 members (excludes halogenated alkanes) is 1. The van der Waals surface area contributed by atoms with Crippen molar-refractivity contribution in [3.05, 3.63) is 48.8 Å². The number of aromatic nitrogens is 2. The Labute approximate surface area is 169 Å². The van der Waals surface area contributed by atoms with Gasteiger partial charge in [0.15, 0.2) is 23.1 Å². The SMILES string of the molecule is CCCCOc1ccc(Nc2ncnc(Nc3ccc4c(c3)OCO4)c2N)cc1. The second kappa shape index (κ2) is 8.55. The van der Waals surface area contributed by atoms with Crippen molar-refractivity contribution >= 4 is 28.7 Å². The van der Waals surface area contributed by atoms with Gasteiger partial charge in [0.1, 0.15) is 17.8 Å². The third kappa shape index (κ3) is 4.43. The summed E-state index contributed by atoms with van der Waals surface area (Å²) in [5, 5.41) is 6.41. The molecule has 29 heavy (non-hydrogen) atoms. The number of anilines is 5. The van der Waals surface area contributed by atoms with Crippen LogP contribution in [0, 0.1) is 0 Å². The minimum absolute atomic E-state index is 0.227. The zero-order valence-electron chi connectivity index (χ0n) is 16.1. The van der Waals surface area contributed by atoms with Crippen LogP contribution < -0.4 is 30.6 Å². The number of nitrogens with two attached hydrogens (primary N) is 1. The molecule has 2 aromatic carbocycles. The zero-order valence-corrected chi connectivity index (χ0v) is 16.1. The van der Waals surface area contributed by atoms with Crippen molar-refractivity contribution in [2.45, 2.75) is 19.8 Å². The molecule has 4 rings (SSSR count). The molecule has 0 radical (unpaired) electrons. The van der Waals surface area contributed by atoms with Gasteiger partial charge in [0.05, 0.1) is 6.61 Å². The van der Waals surface area contributed by atoms with Gasteiger partial charge in [0.2, 0.25) is 6.79 Å². The van der Waals surface area contributed by atoms with Crippen molar-refractivity contribution in [2.75, 3.05) is 29.8 Å². The highest BCUT2D eigenvalue weighted by atomic mass is 16.7. The first-order chi connectivity index (χ1) is 14.2. The number of nitrogens with one attached hydrogen (secondary N) is 2. The number of benzene rings is 2. The molecule has 0 saturated heterocycles. The van der Waals surface area contributed by atoms with E-state index >= 15 is 0 Å². The molecule has 0 atom stereocenters. The van der Waals surface area contributed by atoms with Gasteiger partial charge >= 0.3 is 0 Å². The van der Waals surface area contributed by atoms with Crippen LogP contribution in [0.5, 0.6) is 17.2 Å². The Morgan fingerprint density at radius 2 is 1.66 bits per heavy atom. The Hall–Kier alpha value is -3.68. The fraction of sp³-hybridized carbons (Fsp3) is 0.238. The maximum absolute atomic E-state index is 6.27. The van der Waals surface area contributed by atoms with Crippen LogP contribution in [0.25, 0.3) is 0 Å². The molecule has 4 N–H and O–H groups in total. The second-order valence-electron chi connectivity index (χ2n) is 6.53. The van der Waals surface area contributed by atoms with Crippen LogP contribution in [0.1, 0.15) is 19.8 Å². The van der Waals surface area contributed by atoms with Gasteiger partial charge < -0.3 is 30.6 Å². The molecule has 2 heterocycles. The lowest BCUT2D eigenvalue weighted by Crippen LogP contribution is -2.05. The van der Waals surface area contributed by atoms with Crippen molar-refractivity contribution in [1.29, 1.82) is 0 Å². The number of nitrogen functional groups attached to an aromatic ring is 1. The summed E-state index contributed by atoms with van der Waals surface area (Å²) in [7, 11) is 0. The van der Waals surface area contributed by atoms with Crippen LogP contribution >= 0.6 is 0 Å². The molecule has 0 saturated carbocycles. The maximum Gasteiger partial charge on any atom is 0.231 e. The van der Waals surface area contributed by atoms with E-state index in [1.54, 1.807) is 0 Å². The van der Waals surface area contributed by atoms with E-state index < -0.39 is 0 Å². The summed E-state index contributed by atoms with van der Waals surface area (Å²) in [6.07, 6.45) is 3.60. The van der Waals surface area contributed by atoms with Gasteiger partial charge in [0.25, 0.3) is 0 Å². The Kier molecular flexibility index (Phi) is 5.51. The Morgan fingerprint density at radius 1 is 0.966 bits per heavy atom. The highest BCUT2D eigenvalue weighted by Gasteiger charge is 2.15. The minimum Gasteiger partial charge on any atom is -0.494 e. The summed E-state index contributed by atoms with van der Waals surface area (Å²) in [5.74, 6) is 3.26. The fourth-order valence-corrected chi connectivity index (χ4v) is 2.81. The molecule has 0 bridgehead atoms. The predicted molar refractivity (Wildman–Crippen MR) is 112 cm³/mol. The first-order valence-corrected chi connectivity index (χ1v) is 9.50. The summed E-state index contributed by atoms with van der Waals surface area (Å²) in [6, 6.07) is 13.2. The number of fused-ring (bicyclic) bond motifs is 1. The summed E-state index contributed by atoms with van der Waals surface area (Å²) in [4.78, 5) is 8.50. The topological polar surface area (TPSA) is 104 Å². The Bertz CT molecular complexity index is 979. The zero-order chi connectivity index (χ0) is 20.1. The monoisotopic (exact) mass is 393 g/mol. The summed E-state index contributed by atoms with van der Waals surface area (Å²) < 4.78 is 16.4. The van der Waals surface area contributed by atoms with E-state index in [1.165, 1.54) is 6.33 Å². The molecular weight excluding hydrogens is 370 g/mol. The molecule has 0 aliphatic carbocycles. The first-order valence-electron chi connectivity index (χ1n) is 9.50. The maximum atomic E-state index is 6.27. The molecule has 3 aromatic rings. The van der Waals surface area contributed by atoms with E-state index in [-0.39, 0.29) is 6.79 Å². The van der Waals surface area contributed by atoms with Crippen LogP contribution in [0.2, 0.25) is 0 Å². The number of hydrogen-bond acceptors (Lipinski definition) is 8. The average Bonchev–Trinajstić information content (AvgIpc) is 3.20. The van der Waals surface area contributed by atoms with Gasteiger partial charge in [-0.1, -0.05) is 13.3 Å². The third-order valence-electron chi connectivity index (χ3n) is 4.40. The lowest BCUT2D eigenvalue weighted by atomic mass is 10.2. The van der Waals surface area contributed by atoms with Crippen LogP contribution in [0.4, 0.5) is 28.7 Å². The average molecular weight is 393 g/mol. The lowest BCUT2D eigenvalue weighted by Gasteiger charge is -2.13. The summed E-state index contributed by atoms with van der Waals surface area (Å²) >= 11 is 0. The van der Waals surface area contributed by atoms with E-state index in [2.05, 4.69) is 27.5 Å². The molecule has 150 valence electrons. The quantitative estimate of drug-likeness (QED) is 0.482. The van der Waals surface area contributed by atoms with Gasteiger partial charge in [-0.3, -0.25) is 0 Å². The van der Waals surface area contributed by atoms with Crippen LogP contribution in [-0.4, -0.2) is 23.4 Å². The van der Waals surface area contributed by atoms with E-state index in [0.717, 1.165) is 42.3 Å². The lowest BCUT2D eigenvalue weighted by molar-refractivity contribution is 0.174. The largest absolute Gasteiger partial charge is 0.494 e. The molecule has 0 amide bonds. The van der Waals surface area contributed by atoms with E-state index in [0.29, 0.717) is 23.1 Å². The highest BCUT2D eigenvalue weighted by Crippen LogP contribution is 2.36. The predicted octanol–water partition coefficient (Wildman–Crippen LogP) is 4.45. The summed E-state index contributed by atoms with van der Waals surface area (Å²) in [5.41, 5.74) is 8.33. The van der Waals surface area contributed by atoms with Crippen LogP contribution in [-0.2, 0) is 0 Å². The van der Waals surface area contributed by atoms with Gasteiger partial charge in [0, 0.05) is 17.4 Å². The molecule has 1 aliphatic heterocycles. The Morgan fingerprint density at radius 3 is 2.41 bits per heavy atom. The van der Waals surface area contributed by atoms with Gasteiger partial charge in [-0.25, -0.2) is 9.97 Å². The minimum atomic E-state index is 0.227. The smallest absolute Gasteiger partial charge is 0.231 e. The van der Waals surface area contributed by atoms with Crippen molar-refractivity contribution in [1.82, 2.24) is 9.97 Å². The number of hydrogen-bond donors (Lipinski definition) is 3. The van der Waals surface area contributed by atoms with E-state index in [1.807, 2.05) is 42.5 Å². The Balaban J connectivity index is 1.45. The normalized spacial score (nSPS) is 11.9. The standard InChI is InChI=1S/C21H23N5O3/c1-2-3-10-27-16-7-4-14(5-8-16)25-20-19(22)21(24-12-23-20)26-15-6-9-17-18(11-15)29-13-28-17/h4-9,11-12H,2-3,10,13,22H2,1H3,(H2,23,24,25,26). The van der Waals surface area contributed by atoms with Crippen molar-refractivity contribution in [3.8, 4) is 17.2 Å². The van der Waals surface area contributed by atoms with Crippen LogP contribution in [0.3, 0.4) is 0 Å². The number of ether oxygens (including phenoxy) is 3. The first kappa shape index (κ1) is 18.7. The van der Waals surface area contributed by atoms with Crippen molar-refractivity contribution < 1.29 is 14.2 Å². The molecule has 0 fully saturated rings. The molecular formula is C21H23N5O3. The third-order valence-corrected chi connectivity index (χ3v) is 4.40. The van der Waals surface area contributed by atoms with Gasteiger partial charge in [-0.05, 0) is 42.8 Å². The summed E-state index contributed by atoms with van der Waals surface area (Å²) in [6.45, 7) is 3.08. The molecule has 1 aromatic heterocycles. The van der Waals surface area contributed by atoms with E-state index in [4.69, 9.17) is 19.9 Å². The highest BCUT2D eigenvalue weighted by molar-refractivity contribution is 5.80. The molecule has 0 spiro atoms. The van der Waals surface area contributed by atoms with Crippen molar-refractivity contribution in [3.63, 3.8) is 0 Å². The molecule has 8 nitrogen and oxygen atoms in total. The molecule has 0 unspecified atom stereocenters. The molecule has 8 heteroatoms. The number of rotatable bonds is 8. The van der Waals surface area contributed by atoms with Gasteiger partial charge in [-0.15, -0.1) is 0 Å². The van der Waals surface area contributed by atoms with Crippen molar-refractivity contribution in [2.24, 2.45) is 0 Å².